The van der Waals surface area contributed by atoms with Crippen LogP contribution in [0.5, 0.6) is 0 Å². The Morgan fingerprint density at radius 1 is 1.16 bits per heavy atom. The van der Waals surface area contributed by atoms with E-state index in [0.717, 1.165) is 14.9 Å². The number of hydrogen-bond donors (Lipinski definition) is 0. The van der Waals surface area contributed by atoms with Gasteiger partial charge in [-0.25, -0.2) is 4.79 Å². The van der Waals surface area contributed by atoms with E-state index in [0.29, 0.717) is 5.56 Å². The van der Waals surface area contributed by atoms with Crippen LogP contribution in [-0.4, -0.2) is 20.1 Å². The van der Waals surface area contributed by atoms with Crippen molar-refractivity contribution < 1.29 is 9.53 Å². The van der Waals surface area contributed by atoms with Crippen molar-refractivity contribution in [2.24, 2.45) is 0 Å². The van der Waals surface area contributed by atoms with Crippen LogP contribution >= 0.6 is 22.6 Å². The SMILES string of the molecule is COC(=O)c1ccc(N(C)c2ccccc2)c(I)c1. The van der Waals surface area contributed by atoms with Crippen molar-refractivity contribution in [1.82, 2.24) is 0 Å². The fourth-order valence-electron chi connectivity index (χ4n) is 1.81. The van der Waals surface area contributed by atoms with Gasteiger partial charge in [-0.1, -0.05) is 18.2 Å². The standard InChI is InChI=1S/C15H14INO2/c1-17(12-6-4-3-5-7-12)14-9-8-11(10-13(14)16)15(18)19-2/h3-10H,1-2H3. The Hall–Kier alpha value is -1.56. The summed E-state index contributed by atoms with van der Waals surface area (Å²) in [6.07, 6.45) is 0. The van der Waals surface area contributed by atoms with Crippen LogP contribution in [0.4, 0.5) is 11.4 Å². The third-order valence-corrected chi connectivity index (χ3v) is 3.74. The van der Waals surface area contributed by atoms with Gasteiger partial charge >= 0.3 is 5.97 Å². The minimum Gasteiger partial charge on any atom is -0.465 e. The van der Waals surface area contributed by atoms with Crippen LogP contribution in [0.15, 0.2) is 48.5 Å². The van der Waals surface area contributed by atoms with Crippen molar-refractivity contribution in [2.45, 2.75) is 0 Å². The first-order valence-electron chi connectivity index (χ1n) is 5.80. The minimum atomic E-state index is -0.313. The topological polar surface area (TPSA) is 29.5 Å². The molecule has 0 amide bonds. The molecule has 0 aliphatic carbocycles. The number of esters is 1. The number of carbonyl (C=O) groups excluding carboxylic acids is 1. The smallest absolute Gasteiger partial charge is 0.337 e. The highest BCUT2D eigenvalue weighted by Gasteiger charge is 2.11. The predicted octanol–water partition coefficient (Wildman–Crippen LogP) is 3.85. The van der Waals surface area contributed by atoms with Gasteiger partial charge in [0, 0.05) is 16.3 Å². The van der Waals surface area contributed by atoms with E-state index in [1.54, 1.807) is 6.07 Å². The summed E-state index contributed by atoms with van der Waals surface area (Å²) < 4.78 is 5.73. The van der Waals surface area contributed by atoms with Gasteiger partial charge in [-0.3, -0.25) is 0 Å². The molecular weight excluding hydrogens is 353 g/mol. The van der Waals surface area contributed by atoms with Crippen LogP contribution in [0, 0.1) is 3.57 Å². The summed E-state index contributed by atoms with van der Waals surface area (Å²) in [7, 11) is 3.39. The molecule has 0 aromatic heterocycles. The van der Waals surface area contributed by atoms with E-state index in [1.807, 2.05) is 49.5 Å². The average molecular weight is 367 g/mol. The number of para-hydroxylation sites is 1. The molecule has 0 unspecified atom stereocenters. The number of nitrogens with zero attached hydrogens (tertiary/aromatic N) is 1. The van der Waals surface area contributed by atoms with Crippen LogP contribution in [0.3, 0.4) is 0 Å². The molecule has 0 saturated heterocycles. The van der Waals surface area contributed by atoms with Gasteiger partial charge in [0.25, 0.3) is 0 Å². The summed E-state index contributed by atoms with van der Waals surface area (Å²) in [5.41, 5.74) is 2.72. The number of methoxy groups -OCH3 is 1. The summed E-state index contributed by atoms with van der Waals surface area (Å²) in [4.78, 5) is 13.6. The highest BCUT2D eigenvalue weighted by Crippen LogP contribution is 2.28. The number of rotatable bonds is 3. The zero-order valence-corrected chi connectivity index (χ0v) is 12.9. The fourth-order valence-corrected chi connectivity index (χ4v) is 2.69. The number of carbonyl (C=O) groups is 1. The first kappa shape index (κ1) is 13.9. The lowest BCUT2D eigenvalue weighted by molar-refractivity contribution is 0.0600. The van der Waals surface area contributed by atoms with E-state index >= 15 is 0 Å². The molecule has 0 saturated carbocycles. The average Bonchev–Trinajstić information content (AvgIpc) is 2.46. The van der Waals surface area contributed by atoms with E-state index in [-0.39, 0.29) is 5.97 Å². The number of anilines is 2. The minimum absolute atomic E-state index is 0.313. The second-order valence-electron chi connectivity index (χ2n) is 4.05. The summed E-state index contributed by atoms with van der Waals surface area (Å²) in [6, 6.07) is 15.6. The van der Waals surface area contributed by atoms with Crippen molar-refractivity contribution in [1.29, 1.82) is 0 Å². The second-order valence-corrected chi connectivity index (χ2v) is 5.21. The molecule has 2 aromatic rings. The highest BCUT2D eigenvalue weighted by atomic mass is 127. The molecule has 2 rings (SSSR count). The summed E-state index contributed by atoms with van der Waals surface area (Å²) in [5.74, 6) is -0.313. The van der Waals surface area contributed by atoms with E-state index in [2.05, 4.69) is 27.5 Å². The number of benzene rings is 2. The van der Waals surface area contributed by atoms with Gasteiger partial charge in [0.05, 0.1) is 18.4 Å². The van der Waals surface area contributed by atoms with Crippen LogP contribution in [0.25, 0.3) is 0 Å². The number of halogens is 1. The first-order chi connectivity index (χ1) is 9.13. The number of hydrogen-bond acceptors (Lipinski definition) is 3. The third kappa shape index (κ3) is 3.07. The lowest BCUT2D eigenvalue weighted by Gasteiger charge is -2.21. The van der Waals surface area contributed by atoms with Gasteiger partial charge < -0.3 is 9.64 Å². The second kappa shape index (κ2) is 6.06. The van der Waals surface area contributed by atoms with E-state index in [1.165, 1.54) is 7.11 Å². The van der Waals surface area contributed by atoms with Crippen molar-refractivity contribution in [3.8, 4) is 0 Å². The van der Waals surface area contributed by atoms with E-state index in [4.69, 9.17) is 4.74 Å². The van der Waals surface area contributed by atoms with Gasteiger partial charge in [-0.05, 0) is 52.9 Å². The van der Waals surface area contributed by atoms with Gasteiger partial charge in [-0.2, -0.15) is 0 Å². The fraction of sp³-hybridized carbons (Fsp3) is 0.133. The maximum absolute atomic E-state index is 11.5. The normalized spacial score (nSPS) is 10.1. The largest absolute Gasteiger partial charge is 0.465 e. The zero-order chi connectivity index (χ0) is 13.8. The molecule has 0 aliphatic rings. The van der Waals surface area contributed by atoms with Crippen molar-refractivity contribution in [3.05, 3.63) is 57.7 Å². The van der Waals surface area contributed by atoms with Crippen LogP contribution < -0.4 is 4.90 Å². The Labute approximate surface area is 126 Å². The highest BCUT2D eigenvalue weighted by molar-refractivity contribution is 14.1. The molecule has 3 nitrogen and oxygen atoms in total. The summed E-state index contributed by atoms with van der Waals surface area (Å²) >= 11 is 2.23. The monoisotopic (exact) mass is 367 g/mol. The molecule has 0 aliphatic heterocycles. The maximum atomic E-state index is 11.5. The molecule has 19 heavy (non-hydrogen) atoms. The quantitative estimate of drug-likeness (QED) is 0.610. The van der Waals surface area contributed by atoms with Crippen LogP contribution in [-0.2, 0) is 4.74 Å². The number of ether oxygens (including phenoxy) is 1. The molecule has 0 heterocycles. The Balaban J connectivity index is 2.34. The molecule has 98 valence electrons. The summed E-state index contributed by atoms with van der Waals surface area (Å²) in [5, 5.41) is 0. The van der Waals surface area contributed by atoms with Crippen molar-refractivity contribution in [3.63, 3.8) is 0 Å². The maximum Gasteiger partial charge on any atom is 0.337 e. The third-order valence-electron chi connectivity index (χ3n) is 2.87. The van der Waals surface area contributed by atoms with Crippen molar-refractivity contribution >= 4 is 39.9 Å². The van der Waals surface area contributed by atoms with Gasteiger partial charge in [-0.15, -0.1) is 0 Å². The molecule has 0 atom stereocenters. The van der Waals surface area contributed by atoms with Gasteiger partial charge in [0.2, 0.25) is 0 Å². The zero-order valence-electron chi connectivity index (χ0n) is 10.8. The Morgan fingerprint density at radius 3 is 2.42 bits per heavy atom. The Kier molecular flexibility index (Phi) is 4.42. The molecule has 0 radical (unpaired) electrons. The Morgan fingerprint density at radius 2 is 1.84 bits per heavy atom. The van der Waals surface area contributed by atoms with Crippen LogP contribution in [0.2, 0.25) is 0 Å². The molecular formula is C15H14INO2. The molecule has 0 bridgehead atoms. The predicted molar refractivity (Wildman–Crippen MR) is 85.0 cm³/mol. The van der Waals surface area contributed by atoms with E-state index in [9.17, 15) is 4.79 Å². The molecule has 0 spiro atoms. The summed E-state index contributed by atoms with van der Waals surface area (Å²) in [6.45, 7) is 0. The molecule has 0 fully saturated rings. The van der Waals surface area contributed by atoms with Crippen molar-refractivity contribution in [2.75, 3.05) is 19.1 Å². The first-order valence-corrected chi connectivity index (χ1v) is 6.88. The molecule has 2 aromatic carbocycles. The molecule has 4 heteroatoms. The lowest BCUT2D eigenvalue weighted by atomic mass is 10.2. The Bertz CT molecular complexity index is 584. The van der Waals surface area contributed by atoms with Crippen LogP contribution in [0.1, 0.15) is 10.4 Å². The van der Waals surface area contributed by atoms with Gasteiger partial charge in [0.1, 0.15) is 0 Å². The molecule has 0 N–H and O–H groups in total. The van der Waals surface area contributed by atoms with Gasteiger partial charge in [0.15, 0.2) is 0 Å². The lowest BCUT2D eigenvalue weighted by Crippen LogP contribution is -2.11. The van der Waals surface area contributed by atoms with E-state index < -0.39 is 0 Å².